The predicted octanol–water partition coefficient (Wildman–Crippen LogP) is 6.87. The molecule has 298 valence electrons. The molecule has 10 nitrogen and oxygen atoms in total. The van der Waals surface area contributed by atoms with Crippen LogP contribution < -0.4 is 15.1 Å². The molecule has 0 saturated carbocycles. The number of piperidine rings is 2. The molecule has 5 aliphatic rings. The first-order valence-corrected chi connectivity index (χ1v) is 21.0. The number of fused-ring (bicyclic) bond motifs is 2. The normalized spacial score (nSPS) is 20.5. The molecule has 3 saturated heterocycles. The van der Waals surface area contributed by atoms with Gasteiger partial charge in [-0.05, 0) is 139 Å². The molecular weight excluding hydrogens is 727 g/mol. The van der Waals surface area contributed by atoms with Gasteiger partial charge in [-0.1, -0.05) is 48.5 Å². The monoisotopic (exact) mass is 777 g/mol. The average Bonchev–Trinajstić information content (AvgIpc) is 3.45. The van der Waals surface area contributed by atoms with Crippen LogP contribution in [0.1, 0.15) is 93.5 Å². The van der Waals surface area contributed by atoms with Gasteiger partial charge in [0.2, 0.25) is 11.8 Å². The highest BCUT2D eigenvalue weighted by Gasteiger charge is 2.39. The number of piperazine rings is 1. The van der Waals surface area contributed by atoms with Gasteiger partial charge < -0.3 is 19.8 Å². The summed E-state index contributed by atoms with van der Waals surface area (Å²) in [5.74, 6) is -0.946. The van der Waals surface area contributed by atoms with E-state index in [2.05, 4.69) is 80.7 Å². The van der Waals surface area contributed by atoms with E-state index in [0.29, 0.717) is 30.0 Å². The van der Waals surface area contributed by atoms with E-state index in [1.54, 1.807) is 11.0 Å². The maximum absolute atomic E-state index is 13.2. The first-order valence-electron chi connectivity index (χ1n) is 21.0. The molecule has 4 aromatic carbocycles. The molecule has 1 atom stereocenters. The Bertz CT molecular complexity index is 2250. The molecular formula is C48H51N5O5. The van der Waals surface area contributed by atoms with Crippen molar-refractivity contribution in [3.63, 3.8) is 0 Å². The van der Waals surface area contributed by atoms with E-state index in [4.69, 9.17) is 0 Å². The Morgan fingerprint density at radius 3 is 2.16 bits per heavy atom. The number of hydrogen-bond acceptors (Lipinski definition) is 7. The molecule has 58 heavy (non-hydrogen) atoms. The number of carbonyl (C=O) groups is 4. The smallest absolute Gasteiger partial charge is 0.335 e. The minimum absolute atomic E-state index is 0.128. The molecule has 0 aromatic heterocycles. The van der Waals surface area contributed by atoms with Crippen LogP contribution in [0.15, 0.2) is 91.0 Å². The summed E-state index contributed by atoms with van der Waals surface area (Å²) in [6.07, 6.45) is 6.99. The second-order valence-electron chi connectivity index (χ2n) is 16.6. The van der Waals surface area contributed by atoms with E-state index in [9.17, 15) is 24.3 Å². The number of rotatable bonds is 9. The van der Waals surface area contributed by atoms with E-state index in [1.165, 1.54) is 47.2 Å². The number of carboxylic acids is 1. The second-order valence-corrected chi connectivity index (χ2v) is 16.6. The number of amides is 3. The Morgan fingerprint density at radius 1 is 0.690 bits per heavy atom. The third-order valence-electron chi connectivity index (χ3n) is 13.2. The highest BCUT2D eigenvalue weighted by Crippen LogP contribution is 2.41. The lowest BCUT2D eigenvalue weighted by Crippen LogP contribution is -2.52. The van der Waals surface area contributed by atoms with Gasteiger partial charge in [-0.15, -0.1) is 0 Å². The van der Waals surface area contributed by atoms with E-state index in [1.807, 2.05) is 24.3 Å². The minimum atomic E-state index is -0.885. The molecule has 4 aromatic rings. The maximum atomic E-state index is 13.2. The van der Waals surface area contributed by atoms with Crippen LogP contribution in [0.25, 0.3) is 11.1 Å². The van der Waals surface area contributed by atoms with Crippen molar-refractivity contribution < 1.29 is 24.3 Å². The lowest BCUT2D eigenvalue weighted by molar-refractivity contribution is -0.136. The number of benzene rings is 4. The summed E-state index contributed by atoms with van der Waals surface area (Å²) in [7, 11) is 0. The maximum Gasteiger partial charge on any atom is 0.335 e. The van der Waals surface area contributed by atoms with E-state index in [-0.39, 0.29) is 24.1 Å². The van der Waals surface area contributed by atoms with Crippen molar-refractivity contribution in [2.24, 2.45) is 5.92 Å². The third kappa shape index (κ3) is 7.65. The third-order valence-corrected chi connectivity index (χ3v) is 13.2. The lowest BCUT2D eigenvalue weighted by Gasteiger charge is -2.38. The number of aryl methyl sites for hydroxylation is 1. The SMILES string of the molecule is O=C1CC[C@@H](N2Cc3cc(N4CCN(CCC5CCN(c6ccc(C7=C(c8ccccc8)CCCc8cc(C(=O)O)ccc87)cc6)CC5)CC4)ccc3C2=O)C(=O)N1. The molecule has 9 rings (SSSR count). The number of carboxylic acid groups (broad SMARTS) is 1. The van der Waals surface area contributed by atoms with Crippen LogP contribution in [0.4, 0.5) is 11.4 Å². The zero-order valence-electron chi connectivity index (χ0n) is 33.0. The summed E-state index contributed by atoms with van der Waals surface area (Å²) in [6, 6.07) is 30.8. The number of anilines is 2. The summed E-state index contributed by atoms with van der Waals surface area (Å²) >= 11 is 0. The first kappa shape index (κ1) is 37.8. The van der Waals surface area contributed by atoms with Crippen molar-refractivity contribution in [2.75, 3.05) is 55.6 Å². The van der Waals surface area contributed by atoms with Crippen LogP contribution in [-0.2, 0) is 22.6 Å². The van der Waals surface area contributed by atoms with Gasteiger partial charge in [-0.2, -0.15) is 0 Å². The quantitative estimate of drug-likeness (QED) is 0.177. The van der Waals surface area contributed by atoms with Gasteiger partial charge in [0.25, 0.3) is 5.91 Å². The Kier molecular flexibility index (Phi) is 10.6. The molecule has 0 radical (unpaired) electrons. The van der Waals surface area contributed by atoms with Crippen LogP contribution in [0.2, 0.25) is 0 Å². The summed E-state index contributed by atoms with van der Waals surface area (Å²) in [6.45, 7) is 7.53. The highest BCUT2D eigenvalue weighted by molar-refractivity contribution is 6.05. The van der Waals surface area contributed by atoms with Gasteiger partial charge in [-0.3, -0.25) is 24.6 Å². The molecule has 2 N–H and O–H groups in total. The van der Waals surface area contributed by atoms with Crippen molar-refractivity contribution in [2.45, 2.75) is 64.0 Å². The van der Waals surface area contributed by atoms with Gasteiger partial charge in [0.05, 0.1) is 5.56 Å². The van der Waals surface area contributed by atoms with E-state index < -0.39 is 12.0 Å². The molecule has 0 bridgehead atoms. The van der Waals surface area contributed by atoms with Gasteiger partial charge >= 0.3 is 5.97 Å². The number of carbonyl (C=O) groups excluding carboxylic acids is 3. The molecule has 3 amide bonds. The van der Waals surface area contributed by atoms with Gasteiger partial charge in [0, 0.05) is 69.2 Å². The average molecular weight is 778 g/mol. The van der Waals surface area contributed by atoms with Crippen molar-refractivity contribution in [1.82, 2.24) is 15.1 Å². The molecule has 0 spiro atoms. The molecule has 3 fully saturated rings. The molecule has 10 heteroatoms. The van der Waals surface area contributed by atoms with Crippen LogP contribution in [0.5, 0.6) is 0 Å². The van der Waals surface area contributed by atoms with Gasteiger partial charge in [0.15, 0.2) is 0 Å². The standard InChI is InChI=1S/C48H51N5O5/c54-44-18-17-43(46(55)49-44)53-31-37-30-39(14-16-42(37)47(53)56)52-27-25-50(26-28-52)22-19-32-20-23-51(24-21-32)38-12-9-34(10-13-38)45-40(33-5-2-1-3-6-33)8-4-7-35-29-36(48(57)58)11-15-41(35)45/h1-3,5-6,9-16,29-30,32,43H,4,7-8,17-28,31H2,(H,57,58)(H,49,54,55)/t43-/m1/s1. The van der Waals surface area contributed by atoms with Crippen LogP contribution in [-0.4, -0.2) is 90.5 Å². The molecule has 4 aliphatic heterocycles. The topological polar surface area (TPSA) is 114 Å². The van der Waals surface area contributed by atoms with Gasteiger partial charge in [-0.25, -0.2) is 4.79 Å². The molecule has 1 aliphatic carbocycles. The van der Waals surface area contributed by atoms with Crippen LogP contribution in [0, 0.1) is 5.92 Å². The summed E-state index contributed by atoms with van der Waals surface area (Å²) in [5, 5.41) is 12.1. The Morgan fingerprint density at radius 2 is 1.41 bits per heavy atom. The van der Waals surface area contributed by atoms with Gasteiger partial charge in [0.1, 0.15) is 6.04 Å². The summed E-state index contributed by atoms with van der Waals surface area (Å²) < 4.78 is 0. The van der Waals surface area contributed by atoms with Crippen LogP contribution >= 0.6 is 0 Å². The first-order chi connectivity index (χ1) is 28.3. The Hall–Kier alpha value is -5.74. The van der Waals surface area contributed by atoms with Crippen molar-refractivity contribution in [1.29, 1.82) is 0 Å². The summed E-state index contributed by atoms with van der Waals surface area (Å²) in [5.41, 5.74) is 11.5. The van der Waals surface area contributed by atoms with Crippen molar-refractivity contribution >= 4 is 46.2 Å². The lowest BCUT2D eigenvalue weighted by atomic mass is 9.87. The van der Waals surface area contributed by atoms with Crippen LogP contribution in [0.3, 0.4) is 0 Å². The van der Waals surface area contributed by atoms with Crippen molar-refractivity contribution in [3.8, 4) is 0 Å². The fraction of sp³-hybridized carbons (Fsp3) is 0.375. The Labute approximate surface area is 340 Å². The molecule has 0 unspecified atom stereocenters. The second kappa shape index (κ2) is 16.3. The largest absolute Gasteiger partial charge is 0.478 e. The number of aromatic carboxylic acids is 1. The fourth-order valence-electron chi connectivity index (χ4n) is 9.85. The van der Waals surface area contributed by atoms with Crippen molar-refractivity contribution in [3.05, 3.63) is 130 Å². The number of nitrogens with zero attached hydrogens (tertiary/aromatic N) is 4. The predicted molar refractivity (Wildman–Crippen MR) is 226 cm³/mol. The zero-order chi connectivity index (χ0) is 39.8. The zero-order valence-corrected chi connectivity index (χ0v) is 33.0. The number of allylic oxidation sites excluding steroid dienone is 1. The highest BCUT2D eigenvalue weighted by atomic mass is 16.4. The summed E-state index contributed by atoms with van der Waals surface area (Å²) in [4.78, 5) is 58.2. The number of nitrogens with one attached hydrogen (secondary N) is 1. The number of hydrogen-bond donors (Lipinski definition) is 2. The molecule has 4 heterocycles. The number of imide groups is 1. The fourth-order valence-corrected chi connectivity index (χ4v) is 9.85. The van der Waals surface area contributed by atoms with E-state index >= 15 is 0 Å². The minimum Gasteiger partial charge on any atom is -0.478 e. The van der Waals surface area contributed by atoms with E-state index in [0.717, 1.165) is 87.5 Å². The Balaban J connectivity index is 0.781.